The molecule has 1 unspecified atom stereocenters. The Morgan fingerprint density at radius 2 is 2.15 bits per heavy atom. The molecule has 0 amide bonds. The number of aliphatic imine (C=N–C) groups is 1. The Morgan fingerprint density at radius 1 is 1.46 bits per heavy atom. The Hall–Kier alpha value is -0.820. The van der Waals surface area contributed by atoms with Crippen LogP contribution >= 0.6 is 23.2 Å². The first-order valence-electron chi connectivity index (χ1n) is 3.67. The van der Waals surface area contributed by atoms with Gasteiger partial charge in [0.05, 0.1) is 6.04 Å². The summed E-state index contributed by atoms with van der Waals surface area (Å²) in [6.07, 6.45) is 1.49. The van der Waals surface area contributed by atoms with Gasteiger partial charge in [0.15, 0.2) is 0 Å². The average molecular weight is 216 g/mol. The largest absolute Gasteiger partial charge is 0.235 e. The maximum Gasteiger partial charge on any atom is 0.235 e. The van der Waals surface area contributed by atoms with E-state index in [2.05, 4.69) is 4.99 Å². The van der Waals surface area contributed by atoms with Crippen LogP contribution in [0.3, 0.4) is 0 Å². The first kappa shape index (κ1) is 10.3. The summed E-state index contributed by atoms with van der Waals surface area (Å²) in [5.74, 6) is 0. The third kappa shape index (κ3) is 2.56. The smallest absolute Gasteiger partial charge is 0.211 e. The highest BCUT2D eigenvalue weighted by Crippen LogP contribution is 2.27. The third-order valence-corrected chi connectivity index (χ3v) is 2.22. The summed E-state index contributed by atoms with van der Waals surface area (Å²) in [4.78, 5) is 13.6. The summed E-state index contributed by atoms with van der Waals surface area (Å²) < 4.78 is 0. The molecule has 0 bridgehead atoms. The first-order chi connectivity index (χ1) is 6.15. The van der Waals surface area contributed by atoms with Crippen molar-refractivity contribution in [2.75, 3.05) is 0 Å². The summed E-state index contributed by atoms with van der Waals surface area (Å²) in [6, 6.07) is 4.80. The van der Waals surface area contributed by atoms with Crippen molar-refractivity contribution in [1.82, 2.24) is 0 Å². The number of isocyanates is 1. The lowest BCUT2D eigenvalue weighted by Gasteiger charge is -2.06. The second-order valence-corrected chi connectivity index (χ2v) is 3.41. The Balaban J connectivity index is 3.08. The second-order valence-electron chi connectivity index (χ2n) is 2.56. The zero-order valence-electron chi connectivity index (χ0n) is 6.92. The highest BCUT2D eigenvalue weighted by atomic mass is 35.5. The predicted molar refractivity (Wildman–Crippen MR) is 53.0 cm³/mol. The molecule has 0 heterocycles. The number of rotatable bonds is 2. The molecule has 0 N–H and O–H groups in total. The minimum absolute atomic E-state index is 0.276. The zero-order chi connectivity index (χ0) is 9.84. The highest BCUT2D eigenvalue weighted by molar-refractivity contribution is 6.35. The van der Waals surface area contributed by atoms with Crippen LogP contribution in [-0.4, -0.2) is 6.08 Å². The molecule has 0 aliphatic carbocycles. The van der Waals surface area contributed by atoms with Crippen molar-refractivity contribution in [3.8, 4) is 0 Å². The van der Waals surface area contributed by atoms with Gasteiger partial charge in [0.1, 0.15) is 0 Å². The van der Waals surface area contributed by atoms with Gasteiger partial charge in [-0.1, -0.05) is 29.3 Å². The van der Waals surface area contributed by atoms with Crippen LogP contribution < -0.4 is 0 Å². The molecule has 0 aromatic heterocycles. The van der Waals surface area contributed by atoms with Crippen LogP contribution in [0, 0.1) is 0 Å². The van der Waals surface area contributed by atoms with Gasteiger partial charge in [-0.2, -0.15) is 4.99 Å². The summed E-state index contributed by atoms with van der Waals surface area (Å²) >= 11 is 11.6. The van der Waals surface area contributed by atoms with E-state index in [4.69, 9.17) is 23.2 Å². The number of hydrogen-bond acceptors (Lipinski definition) is 2. The van der Waals surface area contributed by atoms with Crippen LogP contribution in [0.2, 0.25) is 10.0 Å². The predicted octanol–water partition coefficient (Wildman–Crippen LogP) is 3.39. The Kier molecular flexibility index (Phi) is 3.49. The summed E-state index contributed by atoms with van der Waals surface area (Å²) in [7, 11) is 0. The molecule has 68 valence electrons. The van der Waals surface area contributed by atoms with E-state index in [-0.39, 0.29) is 6.04 Å². The SMILES string of the molecule is CC(N=C=O)c1ccc(Cl)cc1Cl. The number of carbonyl (C=O) groups excluding carboxylic acids is 1. The lowest BCUT2D eigenvalue weighted by Crippen LogP contribution is -1.90. The number of benzene rings is 1. The molecule has 2 nitrogen and oxygen atoms in total. The summed E-state index contributed by atoms with van der Waals surface area (Å²) in [5, 5.41) is 1.08. The Labute approximate surface area is 86.2 Å². The summed E-state index contributed by atoms with van der Waals surface area (Å²) in [6.45, 7) is 1.76. The van der Waals surface area contributed by atoms with Gasteiger partial charge in [-0.05, 0) is 24.6 Å². The van der Waals surface area contributed by atoms with Gasteiger partial charge >= 0.3 is 0 Å². The van der Waals surface area contributed by atoms with Gasteiger partial charge in [0.2, 0.25) is 6.08 Å². The minimum atomic E-state index is -0.276. The quantitative estimate of drug-likeness (QED) is 0.550. The maximum absolute atomic E-state index is 10.0. The fraction of sp³-hybridized carbons (Fsp3) is 0.222. The van der Waals surface area contributed by atoms with Crippen molar-refractivity contribution in [3.05, 3.63) is 33.8 Å². The number of nitrogens with zero attached hydrogens (tertiary/aromatic N) is 1. The van der Waals surface area contributed by atoms with Crippen LogP contribution in [-0.2, 0) is 4.79 Å². The monoisotopic (exact) mass is 215 g/mol. The minimum Gasteiger partial charge on any atom is -0.211 e. The molecule has 1 aromatic carbocycles. The van der Waals surface area contributed by atoms with Crippen molar-refractivity contribution in [2.45, 2.75) is 13.0 Å². The Bertz CT molecular complexity index is 359. The molecule has 13 heavy (non-hydrogen) atoms. The lowest BCUT2D eigenvalue weighted by molar-refractivity contribution is 0.559. The third-order valence-electron chi connectivity index (χ3n) is 1.66. The normalized spacial score (nSPS) is 11.9. The molecule has 0 saturated carbocycles. The molecule has 1 aromatic rings. The Morgan fingerprint density at radius 3 is 2.69 bits per heavy atom. The maximum atomic E-state index is 10.0. The van der Waals surface area contributed by atoms with E-state index in [1.807, 2.05) is 0 Å². The van der Waals surface area contributed by atoms with Crippen molar-refractivity contribution in [3.63, 3.8) is 0 Å². The van der Waals surface area contributed by atoms with Crippen LogP contribution in [0.25, 0.3) is 0 Å². The van der Waals surface area contributed by atoms with E-state index in [0.717, 1.165) is 5.56 Å². The molecular formula is C9H7Cl2NO. The van der Waals surface area contributed by atoms with Crippen LogP contribution in [0.5, 0.6) is 0 Å². The van der Waals surface area contributed by atoms with E-state index in [0.29, 0.717) is 10.0 Å². The van der Waals surface area contributed by atoms with E-state index >= 15 is 0 Å². The molecule has 0 spiro atoms. The molecule has 0 saturated heterocycles. The molecule has 1 atom stereocenters. The topological polar surface area (TPSA) is 29.4 Å². The molecule has 1 rings (SSSR count). The van der Waals surface area contributed by atoms with Crippen LogP contribution in [0.4, 0.5) is 0 Å². The van der Waals surface area contributed by atoms with Gasteiger partial charge in [-0.25, -0.2) is 4.79 Å². The van der Waals surface area contributed by atoms with E-state index < -0.39 is 0 Å². The number of halogens is 2. The van der Waals surface area contributed by atoms with Crippen molar-refractivity contribution < 1.29 is 4.79 Å². The fourth-order valence-electron chi connectivity index (χ4n) is 0.989. The summed E-state index contributed by atoms with van der Waals surface area (Å²) in [5.41, 5.74) is 0.773. The van der Waals surface area contributed by atoms with Crippen molar-refractivity contribution in [1.29, 1.82) is 0 Å². The molecule has 0 radical (unpaired) electrons. The van der Waals surface area contributed by atoms with Gasteiger partial charge in [-0.3, -0.25) is 0 Å². The highest BCUT2D eigenvalue weighted by Gasteiger charge is 2.07. The molecule has 0 fully saturated rings. The molecule has 4 heteroatoms. The average Bonchev–Trinajstić information content (AvgIpc) is 2.04. The van der Waals surface area contributed by atoms with Crippen molar-refractivity contribution in [2.24, 2.45) is 4.99 Å². The van der Waals surface area contributed by atoms with E-state index in [1.54, 1.807) is 25.1 Å². The van der Waals surface area contributed by atoms with Gasteiger partial charge in [0.25, 0.3) is 0 Å². The molecule has 0 aliphatic heterocycles. The van der Waals surface area contributed by atoms with Gasteiger partial charge in [0, 0.05) is 10.0 Å². The fourth-order valence-corrected chi connectivity index (χ4v) is 1.56. The molecular weight excluding hydrogens is 209 g/mol. The van der Waals surface area contributed by atoms with Gasteiger partial charge < -0.3 is 0 Å². The lowest BCUT2D eigenvalue weighted by atomic mass is 10.1. The van der Waals surface area contributed by atoms with Crippen LogP contribution in [0.1, 0.15) is 18.5 Å². The van der Waals surface area contributed by atoms with Gasteiger partial charge in [-0.15, -0.1) is 0 Å². The van der Waals surface area contributed by atoms with E-state index in [1.165, 1.54) is 6.08 Å². The second kappa shape index (κ2) is 4.43. The standard InChI is InChI=1S/C9H7Cl2NO/c1-6(12-5-13)8-3-2-7(10)4-9(8)11/h2-4,6H,1H3. The molecule has 0 aliphatic rings. The first-order valence-corrected chi connectivity index (χ1v) is 4.42. The number of hydrogen-bond donors (Lipinski definition) is 0. The van der Waals surface area contributed by atoms with Crippen molar-refractivity contribution >= 4 is 29.3 Å². The van der Waals surface area contributed by atoms with Crippen LogP contribution in [0.15, 0.2) is 23.2 Å². The van der Waals surface area contributed by atoms with E-state index in [9.17, 15) is 4.79 Å². The zero-order valence-corrected chi connectivity index (χ0v) is 8.43.